The van der Waals surface area contributed by atoms with Crippen molar-refractivity contribution in [3.8, 4) is 0 Å². The van der Waals surface area contributed by atoms with Crippen LogP contribution in [0.3, 0.4) is 0 Å². The largest absolute Gasteiger partial charge is 0.381 e. The molecular weight excluding hydrogens is 334 g/mol. The molecule has 2 aromatic carbocycles. The molecule has 0 unspecified atom stereocenters. The Hall–Kier alpha value is -2.13. The van der Waals surface area contributed by atoms with Crippen molar-refractivity contribution >= 4 is 5.91 Å². The number of ether oxygens (including phenoxy) is 1. The number of rotatable bonds is 4. The maximum Gasteiger partial charge on any atom is 0.231 e. The van der Waals surface area contributed by atoms with Crippen LogP contribution in [-0.2, 0) is 20.4 Å². The minimum absolute atomic E-state index is 0.0325. The molecule has 2 aromatic rings. The molecule has 1 atom stereocenters. The van der Waals surface area contributed by atoms with Crippen LogP contribution >= 0.6 is 0 Å². The summed E-state index contributed by atoms with van der Waals surface area (Å²) in [6.45, 7) is 9.93. The third-order valence-corrected chi connectivity index (χ3v) is 5.73. The van der Waals surface area contributed by atoms with Crippen molar-refractivity contribution < 1.29 is 9.53 Å². The molecule has 0 radical (unpaired) electrons. The Morgan fingerprint density at radius 1 is 1.00 bits per heavy atom. The van der Waals surface area contributed by atoms with E-state index in [4.69, 9.17) is 4.74 Å². The van der Waals surface area contributed by atoms with Crippen molar-refractivity contribution in [1.82, 2.24) is 5.32 Å². The zero-order valence-corrected chi connectivity index (χ0v) is 16.9. The summed E-state index contributed by atoms with van der Waals surface area (Å²) in [7, 11) is 0. The standard InChI is InChI=1S/C24H31NO2/c1-18(19-10-12-20(13-11-19)23(2,3)4)25-22(26)24(14-16-27-17-15-24)21-8-6-5-7-9-21/h5-13,18H,14-17H2,1-4H3,(H,25,26)/t18-/m1/s1. The molecule has 0 aromatic heterocycles. The summed E-state index contributed by atoms with van der Waals surface area (Å²) in [6.07, 6.45) is 1.44. The van der Waals surface area contributed by atoms with E-state index in [9.17, 15) is 4.79 Å². The van der Waals surface area contributed by atoms with Gasteiger partial charge in [0.2, 0.25) is 5.91 Å². The average Bonchev–Trinajstić information content (AvgIpc) is 2.68. The van der Waals surface area contributed by atoms with Gasteiger partial charge in [0.15, 0.2) is 0 Å². The molecule has 3 heteroatoms. The molecule has 27 heavy (non-hydrogen) atoms. The Kier molecular flexibility index (Phi) is 5.71. The molecule has 0 aliphatic carbocycles. The van der Waals surface area contributed by atoms with Crippen LogP contribution in [0.5, 0.6) is 0 Å². The Bertz CT molecular complexity index is 753. The van der Waals surface area contributed by atoms with Crippen molar-refractivity contribution in [2.75, 3.05) is 13.2 Å². The van der Waals surface area contributed by atoms with Crippen LogP contribution in [0.2, 0.25) is 0 Å². The van der Waals surface area contributed by atoms with Gasteiger partial charge in [-0.25, -0.2) is 0 Å². The predicted octanol–water partition coefficient (Wildman–Crippen LogP) is 4.91. The van der Waals surface area contributed by atoms with Gasteiger partial charge < -0.3 is 10.1 Å². The van der Waals surface area contributed by atoms with Crippen LogP contribution < -0.4 is 5.32 Å². The van der Waals surface area contributed by atoms with E-state index in [1.165, 1.54) is 5.56 Å². The zero-order valence-electron chi connectivity index (χ0n) is 16.9. The molecule has 3 rings (SSSR count). The fourth-order valence-corrected chi connectivity index (χ4v) is 3.81. The normalized spacial score (nSPS) is 17.9. The van der Waals surface area contributed by atoms with Gasteiger partial charge in [0.1, 0.15) is 0 Å². The van der Waals surface area contributed by atoms with Gasteiger partial charge in [-0.2, -0.15) is 0 Å². The highest BCUT2D eigenvalue weighted by atomic mass is 16.5. The van der Waals surface area contributed by atoms with Gasteiger partial charge in [-0.1, -0.05) is 75.4 Å². The summed E-state index contributed by atoms with van der Waals surface area (Å²) in [5.41, 5.74) is 3.14. The van der Waals surface area contributed by atoms with E-state index in [1.807, 2.05) is 18.2 Å². The SMILES string of the molecule is C[C@@H](NC(=O)C1(c2ccccc2)CCOCC1)c1ccc(C(C)(C)C)cc1. The maximum absolute atomic E-state index is 13.4. The maximum atomic E-state index is 13.4. The second kappa shape index (κ2) is 7.85. The van der Waals surface area contributed by atoms with Crippen molar-refractivity contribution in [2.45, 2.75) is 57.4 Å². The van der Waals surface area contributed by atoms with Gasteiger partial charge in [-0.15, -0.1) is 0 Å². The minimum atomic E-state index is -0.501. The summed E-state index contributed by atoms with van der Waals surface area (Å²) in [4.78, 5) is 13.4. The van der Waals surface area contributed by atoms with Crippen molar-refractivity contribution in [2.24, 2.45) is 0 Å². The van der Waals surface area contributed by atoms with Crippen molar-refractivity contribution in [1.29, 1.82) is 0 Å². The number of amides is 1. The fourth-order valence-electron chi connectivity index (χ4n) is 3.81. The summed E-state index contributed by atoms with van der Waals surface area (Å²) in [6, 6.07) is 18.7. The number of hydrogen-bond acceptors (Lipinski definition) is 2. The highest BCUT2D eigenvalue weighted by molar-refractivity contribution is 5.88. The van der Waals surface area contributed by atoms with Crippen molar-refractivity contribution in [3.05, 3.63) is 71.3 Å². The average molecular weight is 366 g/mol. The van der Waals surface area contributed by atoms with Crippen LogP contribution in [0.15, 0.2) is 54.6 Å². The van der Waals surface area contributed by atoms with Gasteiger partial charge in [0.05, 0.1) is 11.5 Å². The number of carbonyl (C=O) groups excluding carboxylic acids is 1. The third kappa shape index (κ3) is 4.24. The molecule has 0 bridgehead atoms. The second-order valence-corrected chi connectivity index (χ2v) is 8.63. The Labute approximate surface area is 163 Å². The van der Waals surface area contributed by atoms with E-state index in [0.29, 0.717) is 13.2 Å². The number of benzene rings is 2. The topological polar surface area (TPSA) is 38.3 Å². The van der Waals surface area contributed by atoms with E-state index in [0.717, 1.165) is 24.0 Å². The molecule has 1 amide bonds. The Morgan fingerprint density at radius 3 is 2.15 bits per heavy atom. The van der Waals surface area contributed by atoms with Gasteiger partial charge in [-0.05, 0) is 41.9 Å². The third-order valence-electron chi connectivity index (χ3n) is 5.73. The smallest absolute Gasteiger partial charge is 0.231 e. The monoisotopic (exact) mass is 365 g/mol. The van der Waals surface area contributed by atoms with Gasteiger partial charge >= 0.3 is 0 Å². The lowest BCUT2D eigenvalue weighted by Crippen LogP contribution is -2.48. The summed E-state index contributed by atoms with van der Waals surface area (Å²) in [5, 5.41) is 3.27. The fraction of sp³-hybridized carbons (Fsp3) is 0.458. The Balaban J connectivity index is 1.79. The summed E-state index contributed by atoms with van der Waals surface area (Å²) < 4.78 is 5.55. The molecular formula is C24H31NO2. The molecule has 1 aliphatic heterocycles. The zero-order chi connectivity index (χ0) is 19.5. The van der Waals surface area contributed by atoms with E-state index >= 15 is 0 Å². The Morgan fingerprint density at radius 2 is 1.59 bits per heavy atom. The molecule has 1 aliphatic rings. The van der Waals surface area contributed by atoms with Crippen molar-refractivity contribution in [3.63, 3.8) is 0 Å². The van der Waals surface area contributed by atoms with Crippen LogP contribution in [0.1, 0.15) is 63.3 Å². The van der Waals surface area contributed by atoms with E-state index in [1.54, 1.807) is 0 Å². The van der Waals surface area contributed by atoms with Gasteiger partial charge in [-0.3, -0.25) is 4.79 Å². The molecule has 1 fully saturated rings. The van der Waals surface area contributed by atoms with E-state index in [2.05, 4.69) is 69.4 Å². The van der Waals surface area contributed by atoms with Crippen LogP contribution in [0, 0.1) is 0 Å². The molecule has 1 N–H and O–H groups in total. The van der Waals surface area contributed by atoms with Crippen LogP contribution in [-0.4, -0.2) is 19.1 Å². The van der Waals surface area contributed by atoms with Gasteiger partial charge in [0.25, 0.3) is 0 Å². The first-order valence-corrected chi connectivity index (χ1v) is 9.88. The molecule has 3 nitrogen and oxygen atoms in total. The molecule has 1 heterocycles. The lowest BCUT2D eigenvalue weighted by molar-refractivity contribution is -0.131. The minimum Gasteiger partial charge on any atom is -0.381 e. The number of hydrogen-bond donors (Lipinski definition) is 1. The molecule has 0 saturated carbocycles. The first-order valence-electron chi connectivity index (χ1n) is 9.88. The first kappa shape index (κ1) is 19.6. The highest BCUT2D eigenvalue weighted by Crippen LogP contribution is 2.36. The van der Waals surface area contributed by atoms with Crippen LogP contribution in [0.4, 0.5) is 0 Å². The molecule has 144 valence electrons. The molecule has 1 saturated heterocycles. The summed E-state index contributed by atoms with van der Waals surface area (Å²) in [5.74, 6) is 0.101. The van der Waals surface area contributed by atoms with E-state index < -0.39 is 5.41 Å². The van der Waals surface area contributed by atoms with E-state index in [-0.39, 0.29) is 17.4 Å². The first-order chi connectivity index (χ1) is 12.8. The van der Waals surface area contributed by atoms with Crippen LogP contribution in [0.25, 0.3) is 0 Å². The second-order valence-electron chi connectivity index (χ2n) is 8.63. The quantitative estimate of drug-likeness (QED) is 0.836. The lowest BCUT2D eigenvalue weighted by atomic mass is 9.73. The highest BCUT2D eigenvalue weighted by Gasteiger charge is 2.42. The number of carbonyl (C=O) groups is 1. The molecule has 0 spiro atoms. The summed E-state index contributed by atoms with van der Waals surface area (Å²) >= 11 is 0. The number of nitrogens with one attached hydrogen (secondary N) is 1. The van der Waals surface area contributed by atoms with Gasteiger partial charge in [0, 0.05) is 13.2 Å². The lowest BCUT2D eigenvalue weighted by Gasteiger charge is -2.37. The predicted molar refractivity (Wildman–Crippen MR) is 110 cm³/mol.